The van der Waals surface area contributed by atoms with Crippen molar-refractivity contribution in [2.24, 2.45) is 0 Å². The number of carbonyl (C=O) groups excluding carboxylic acids is 1. The van der Waals surface area contributed by atoms with Crippen LogP contribution in [0.2, 0.25) is 5.02 Å². The molecule has 0 saturated heterocycles. The quantitative estimate of drug-likeness (QED) is 0.242. The van der Waals surface area contributed by atoms with Crippen LogP contribution in [0.5, 0.6) is 0 Å². The van der Waals surface area contributed by atoms with E-state index in [9.17, 15) is 4.79 Å². The molecule has 1 N–H and O–H groups in total. The predicted octanol–water partition coefficient (Wildman–Crippen LogP) is 7.14. The van der Waals surface area contributed by atoms with Gasteiger partial charge in [0.15, 0.2) is 0 Å². The summed E-state index contributed by atoms with van der Waals surface area (Å²) in [5.41, 5.74) is 3.99. The molecule has 158 valence electrons. The van der Waals surface area contributed by atoms with Crippen LogP contribution in [0.4, 0.5) is 5.69 Å². The average molecular weight is 468 g/mol. The number of hydrogen-bond donors (Lipinski definition) is 1. The number of aromatic nitrogens is 2. The zero-order valence-electron chi connectivity index (χ0n) is 17.5. The van der Waals surface area contributed by atoms with Gasteiger partial charge in [0.1, 0.15) is 16.2 Å². The molecule has 1 unspecified atom stereocenters. The van der Waals surface area contributed by atoms with Crippen molar-refractivity contribution < 1.29 is 4.79 Å². The Bertz CT molecular complexity index is 1240. The topological polar surface area (TPSA) is 54.9 Å². The Morgan fingerprint density at radius 2 is 1.94 bits per heavy atom. The molecule has 2 aromatic heterocycles. The minimum Gasteiger partial charge on any atom is -0.325 e. The molecular weight excluding hydrogens is 446 g/mol. The smallest absolute Gasteiger partial charge is 0.237 e. The molecule has 7 heteroatoms. The summed E-state index contributed by atoms with van der Waals surface area (Å²) >= 11 is 9.26. The van der Waals surface area contributed by atoms with Crippen LogP contribution in [-0.4, -0.2) is 21.1 Å². The first-order valence-corrected chi connectivity index (χ1v) is 12.1. The van der Waals surface area contributed by atoms with Crippen LogP contribution < -0.4 is 5.32 Å². The second kappa shape index (κ2) is 9.39. The molecule has 4 rings (SSSR count). The molecule has 31 heavy (non-hydrogen) atoms. The molecule has 0 saturated carbocycles. The highest BCUT2D eigenvalue weighted by molar-refractivity contribution is 8.00. The highest BCUT2D eigenvalue weighted by Gasteiger charge is 2.23. The standard InChI is InChI=1S/C24H22ClN3OS2/c1-4-19(22(29)28-18-12-17(25)11-10-14(18)2)31-24-21-20(16-8-6-5-7-9-16)15(3)30-23(21)26-13-27-24/h5-13,19H,4H2,1-3H3,(H,28,29). The number of fused-ring (bicyclic) bond motifs is 1. The molecule has 1 atom stereocenters. The number of halogens is 1. The van der Waals surface area contributed by atoms with E-state index in [1.165, 1.54) is 16.6 Å². The Hall–Kier alpha value is -2.41. The van der Waals surface area contributed by atoms with E-state index in [1.54, 1.807) is 23.7 Å². The van der Waals surface area contributed by atoms with E-state index < -0.39 is 0 Å². The summed E-state index contributed by atoms with van der Waals surface area (Å²) in [7, 11) is 0. The van der Waals surface area contributed by atoms with Gasteiger partial charge >= 0.3 is 0 Å². The van der Waals surface area contributed by atoms with Crippen molar-refractivity contribution in [2.75, 3.05) is 5.32 Å². The van der Waals surface area contributed by atoms with Gasteiger partial charge in [0, 0.05) is 21.2 Å². The number of amides is 1. The largest absolute Gasteiger partial charge is 0.325 e. The summed E-state index contributed by atoms with van der Waals surface area (Å²) in [5, 5.41) is 5.19. The van der Waals surface area contributed by atoms with Gasteiger partial charge in [-0.3, -0.25) is 4.79 Å². The van der Waals surface area contributed by atoms with Crippen LogP contribution in [0.1, 0.15) is 23.8 Å². The number of anilines is 1. The maximum Gasteiger partial charge on any atom is 0.237 e. The van der Waals surface area contributed by atoms with Crippen LogP contribution in [0.15, 0.2) is 59.9 Å². The van der Waals surface area contributed by atoms with E-state index in [2.05, 4.69) is 34.3 Å². The predicted molar refractivity (Wildman–Crippen MR) is 132 cm³/mol. The third kappa shape index (κ3) is 4.61. The normalized spacial score (nSPS) is 12.1. The molecular formula is C24H22ClN3OS2. The fourth-order valence-electron chi connectivity index (χ4n) is 3.46. The minimum absolute atomic E-state index is 0.0576. The van der Waals surface area contributed by atoms with Gasteiger partial charge in [0.25, 0.3) is 0 Å². The molecule has 0 aliphatic carbocycles. The number of thiophene rings is 1. The SMILES string of the molecule is CCC(Sc1ncnc2sc(C)c(-c3ccccc3)c12)C(=O)Nc1cc(Cl)ccc1C. The lowest BCUT2D eigenvalue weighted by Crippen LogP contribution is -2.25. The molecule has 4 nitrogen and oxygen atoms in total. The summed E-state index contributed by atoms with van der Waals surface area (Å²) in [6.07, 6.45) is 2.26. The first-order chi connectivity index (χ1) is 15.0. The Morgan fingerprint density at radius 3 is 2.68 bits per heavy atom. The molecule has 2 heterocycles. The number of nitrogens with one attached hydrogen (secondary N) is 1. The van der Waals surface area contributed by atoms with Crippen LogP contribution in [0, 0.1) is 13.8 Å². The van der Waals surface area contributed by atoms with E-state index in [4.69, 9.17) is 11.6 Å². The lowest BCUT2D eigenvalue weighted by molar-refractivity contribution is -0.115. The number of rotatable bonds is 6. The van der Waals surface area contributed by atoms with E-state index in [-0.39, 0.29) is 11.2 Å². The molecule has 0 bridgehead atoms. The van der Waals surface area contributed by atoms with E-state index in [0.29, 0.717) is 11.4 Å². The highest BCUT2D eigenvalue weighted by atomic mass is 35.5. The van der Waals surface area contributed by atoms with Gasteiger partial charge in [-0.05, 0) is 43.5 Å². The van der Waals surface area contributed by atoms with E-state index in [0.717, 1.165) is 37.6 Å². The molecule has 1 amide bonds. The molecule has 4 aromatic rings. The van der Waals surface area contributed by atoms with Gasteiger partial charge in [-0.25, -0.2) is 9.97 Å². The van der Waals surface area contributed by atoms with Crippen molar-refractivity contribution in [3.05, 3.63) is 70.3 Å². The number of nitrogens with zero attached hydrogens (tertiary/aromatic N) is 2. The van der Waals surface area contributed by atoms with Crippen molar-refractivity contribution in [3.63, 3.8) is 0 Å². The van der Waals surface area contributed by atoms with Crippen molar-refractivity contribution in [1.29, 1.82) is 0 Å². The molecule has 0 spiro atoms. The van der Waals surface area contributed by atoms with Crippen LogP contribution >= 0.6 is 34.7 Å². The Kier molecular flexibility index (Phi) is 6.60. The van der Waals surface area contributed by atoms with E-state index in [1.807, 2.05) is 44.2 Å². The number of hydrogen-bond acceptors (Lipinski definition) is 5. The summed E-state index contributed by atoms with van der Waals surface area (Å²) in [5.74, 6) is -0.0576. The number of carbonyl (C=O) groups is 1. The monoisotopic (exact) mass is 467 g/mol. The van der Waals surface area contributed by atoms with Crippen molar-refractivity contribution in [1.82, 2.24) is 9.97 Å². The van der Waals surface area contributed by atoms with Crippen LogP contribution in [0.25, 0.3) is 21.3 Å². The third-order valence-electron chi connectivity index (χ3n) is 5.07. The Balaban J connectivity index is 1.68. The summed E-state index contributed by atoms with van der Waals surface area (Å²) in [6.45, 7) is 6.07. The first-order valence-electron chi connectivity index (χ1n) is 10.0. The molecule has 0 radical (unpaired) electrons. The van der Waals surface area contributed by atoms with Crippen LogP contribution in [-0.2, 0) is 4.79 Å². The van der Waals surface area contributed by atoms with Gasteiger partial charge in [0.2, 0.25) is 5.91 Å². The molecule has 2 aromatic carbocycles. The van der Waals surface area contributed by atoms with Gasteiger partial charge in [-0.2, -0.15) is 0 Å². The summed E-state index contributed by atoms with van der Waals surface area (Å²) < 4.78 is 0. The van der Waals surface area contributed by atoms with Crippen molar-refractivity contribution in [3.8, 4) is 11.1 Å². The van der Waals surface area contributed by atoms with Gasteiger partial charge in [-0.15, -0.1) is 11.3 Å². The lowest BCUT2D eigenvalue weighted by atomic mass is 10.0. The van der Waals surface area contributed by atoms with Crippen molar-refractivity contribution in [2.45, 2.75) is 37.5 Å². The van der Waals surface area contributed by atoms with Gasteiger partial charge in [-0.1, -0.05) is 66.7 Å². The minimum atomic E-state index is -0.291. The highest BCUT2D eigenvalue weighted by Crippen LogP contribution is 2.42. The van der Waals surface area contributed by atoms with Crippen molar-refractivity contribution >= 4 is 56.5 Å². The number of aryl methyl sites for hydroxylation is 2. The first kappa shape index (κ1) is 21.8. The zero-order valence-corrected chi connectivity index (χ0v) is 19.9. The van der Waals surface area contributed by atoms with Gasteiger partial charge in [0.05, 0.1) is 10.6 Å². The second-order valence-corrected chi connectivity index (χ2v) is 10.1. The Morgan fingerprint density at radius 1 is 1.16 bits per heavy atom. The molecule has 0 aliphatic heterocycles. The van der Waals surface area contributed by atoms with Crippen LogP contribution in [0.3, 0.4) is 0 Å². The fraction of sp³-hybridized carbons (Fsp3) is 0.208. The number of benzene rings is 2. The third-order valence-corrected chi connectivity index (χ3v) is 7.68. The Labute approximate surface area is 195 Å². The summed E-state index contributed by atoms with van der Waals surface area (Å²) in [6, 6.07) is 15.8. The second-order valence-electron chi connectivity index (χ2n) is 7.22. The fourth-order valence-corrected chi connectivity index (χ4v) is 5.73. The zero-order chi connectivity index (χ0) is 22.0. The lowest BCUT2D eigenvalue weighted by Gasteiger charge is -2.16. The maximum absolute atomic E-state index is 13.1. The van der Waals surface area contributed by atoms with Gasteiger partial charge < -0.3 is 5.32 Å². The molecule has 0 aliphatic rings. The number of thioether (sulfide) groups is 1. The maximum atomic E-state index is 13.1. The summed E-state index contributed by atoms with van der Waals surface area (Å²) in [4.78, 5) is 24.3. The average Bonchev–Trinajstić information content (AvgIpc) is 3.11. The van der Waals surface area contributed by atoms with E-state index >= 15 is 0 Å². The molecule has 0 fully saturated rings.